The fourth-order valence-corrected chi connectivity index (χ4v) is 1.58. The van der Waals surface area contributed by atoms with Crippen molar-refractivity contribution in [1.29, 1.82) is 0 Å². The number of alkyl halides is 3. The van der Waals surface area contributed by atoms with Gasteiger partial charge in [-0.25, -0.2) is 0 Å². The fourth-order valence-electron chi connectivity index (χ4n) is 1.58. The summed E-state index contributed by atoms with van der Waals surface area (Å²) >= 11 is 0. The Balaban J connectivity index is 2.23. The standard InChI is InChI=1S/C13H14F3NO2/c1-2-3-8-17-9-12(14)13(15,16)19-11-7-5-4-6-10(11)18-12/h4-7,9H,2-3,8H2,1H3. The van der Waals surface area contributed by atoms with Gasteiger partial charge in [-0.3, -0.25) is 4.99 Å². The molecule has 0 N–H and O–H groups in total. The Kier molecular flexibility index (Phi) is 3.68. The van der Waals surface area contributed by atoms with Crippen LogP contribution in [0, 0.1) is 0 Å². The quantitative estimate of drug-likeness (QED) is 0.620. The van der Waals surface area contributed by atoms with Crippen LogP contribution in [0.15, 0.2) is 29.3 Å². The number of fused-ring (bicyclic) bond motifs is 1. The predicted molar refractivity (Wildman–Crippen MR) is 64.8 cm³/mol. The van der Waals surface area contributed by atoms with Crippen LogP contribution in [0.3, 0.4) is 0 Å². The minimum Gasteiger partial charge on any atom is -0.441 e. The molecule has 2 rings (SSSR count). The molecule has 0 fully saturated rings. The SMILES string of the molecule is CCCCN=CC1(F)Oc2ccccc2OC1(F)F. The van der Waals surface area contributed by atoms with E-state index in [2.05, 4.69) is 9.73 Å². The maximum Gasteiger partial charge on any atom is 0.477 e. The highest BCUT2D eigenvalue weighted by atomic mass is 19.3. The van der Waals surface area contributed by atoms with Crippen LogP contribution in [0.4, 0.5) is 13.2 Å². The predicted octanol–water partition coefficient (Wildman–Crippen LogP) is 3.59. The fraction of sp³-hybridized carbons (Fsp3) is 0.462. The van der Waals surface area contributed by atoms with Crippen LogP contribution in [-0.4, -0.2) is 24.7 Å². The summed E-state index contributed by atoms with van der Waals surface area (Å²) in [6.45, 7) is 2.19. The lowest BCUT2D eigenvalue weighted by molar-refractivity contribution is -0.308. The highest BCUT2D eigenvalue weighted by Gasteiger charge is 2.63. The summed E-state index contributed by atoms with van der Waals surface area (Å²) in [6, 6.07) is 5.69. The Labute approximate surface area is 109 Å². The van der Waals surface area contributed by atoms with E-state index >= 15 is 0 Å². The molecule has 0 bridgehead atoms. The first-order valence-corrected chi connectivity index (χ1v) is 6.03. The zero-order chi connectivity index (χ0) is 13.9. The third-order valence-corrected chi connectivity index (χ3v) is 2.64. The van der Waals surface area contributed by atoms with Gasteiger partial charge in [0.2, 0.25) is 0 Å². The summed E-state index contributed by atoms with van der Waals surface area (Å²) in [5.41, 5.74) is 0. The molecule has 0 aliphatic carbocycles. The van der Waals surface area contributed by atoms with E-state index in [1.807, 2.05) is 6.92 Å². The van der Waals surface area contributed by atoms with Crippen LogP contribution >= 0.6 is 0 Å². The molecule has 1 aromatic carbocycles. The third-order valence-electron chi connectivity index (χ3n) is 2.64. The van der Waals surface area contributed by atoms with E-state index in [-0.39, 0.29) is 18.0 Å². The maximum absolute atomic E-state index is 14.2. The van der Waals surface area contributed by atoms with E-state index in [1.54, 1.807) is 6.07 Å². The van der Waals surface area contributed by atoms with E-state index in [0.29, 0.717) is 12.6 Å². The molecule has 1 aromatic rings. The normalized spacial score (nSPS) is 24.6. The van der Waals surface area contributed by atoms with E-state index < -0.39 is 12.0 Å². The molecule has 3 nitrogen and oxygen atoms in total. The molecule has 1 heterocycles. The van der Waals surface area contributed by atoms with Crippen LogP contribution in [0.2, 0.25) is 0 Å². The highest BCUT2D eigenvalue weighted by molar-refractivity contribution is 5.69. The van der Waals surface area contributed by atoms with Crippen molar-refractivity contribution in [2.75, 3.05) is 6.54 Å². The smallest absolute Gasteiger partial charge is 0.441 e. The zero-order valence-electron chi connectivity index (χ0n) is 10.4. The Morgan fingerprint density at radius 1 is 1.16 bits per heavy atom. The average molecular weight is 273 g/mol. The van der Waals surface area contributed by atoms with Gasteiger partial charge in [-0.05, 0) is 18.6 Å². The molecule has 6 heteroatoms. The Bertz CT molecular complexity index is 479. The van der Waals surface area contributed by atoms with Crippen molar-refractivity contribution in [2.45, 2.75) is 31.7 Å². The average Bonchev–Trinajstić information content (AvgIpc) is 2.36. The summed E-state index contributed by atoms with van der Waals surface area (Å²) in [4.78, 5) is 3.64. The molecule has 0 saturated carbocycles. The summed E-state index contributed by atoms with van der Waals surface area (Å²) in [6.07, 6.45) is -2.10. The Morgan fingerprint density at radius 3 is 2.42 bits per heavy atom. The van der Waals surface area contributed by atoms with E-state index in [0.717, 1.165) is 6.42 Å². The van der Waals surface area contributed by atoms with E-state index in [1.165, 1.54) is 18.2 Å². The van der Waals surface area contributed by atoms with Crippen molar-refractivity contribution in [1.82, 2.24) is 0 Å². The van der Waals surface area contributed by atoms with Crippen molar-refractivity contribution >= 4 is 6.21 Å². The van der Waals surface area contributed by atoms with E-state index in [9.17, 15) is 13.2 Å². The minimum absolute atomic E-state index is 0.0714. The van der Waals surface area contributed by atoms with Crippen molar-refractivity contribution in [2.24, 2.45) is 4.99 Å². The van der Waals surface area contributed by atoms with Crippen LogP contribution in [0.5, 0.6) is 11.5 Å². The number of benzene rings is 1. The molecule has 1 unspecified atom stereocenters. The molecule has 0 aromatic heterocycles. The maximum atomic E-state index is 14.2. The molecular formula is C13H14F3NO2. The Hall–Kier alpha value is -1.72. The van der Waals surface area contributed by atoms with Gasteiger partial charge >= 0.3 is 12.0 Å². The van der Waals surface area contributed by atoms with Crippen molar-refractivity contribution in [3.63, 3.8) is 0 Å². The molecular weight excluding hydrogens is 259 g/mol. The van der Waals surface area contributed by atoms with Crippen molar-refractivity contribution in [3.8, 4) is 11.5 Å². The first-order chi connectivity index (χ1) is 8.98. The summed E-state index contributed by atoms with van der Waals surface area (Å²) in [7, 11) is 0. The first-order valence-electron chi connectivity index (χ1n) is 6.03. The van der Waals surface area contributed by atoms with Gasteiger partial charge in [0.25, 0.3) is 0 Å². The first kappa shape index (κ1) is 13.7. The van der Waals surface area contributed by atoms with Gasteiger partial charge in [0.05, 0.1) is 6.21 Å². The second kappa shape index (κ2) is 5.11. The zero-order valence-corrected chi connectivity index (χ0v) is 10.4. The second-order valence-electron chi connectivity index (χ2n) is 4.20. The molecule has 0 radical (unpaired) electrons. The molecule has 1 atom stereocenters. The lowest BCUT2D eigenvalue weighted by Gasteiger charge is -2.35. The summed E-state index contributed by atoms with van der Waals surface area (Å²) < 4.78 is 50.6. The van der Waals surface area contributed by atoms with Gasteiger partial charge in [0.15, 0.2) is 11.5 Å². The summed E-state index contributed by atoms with van der Waals surface area (Å²) in [5.74, 6) is -3.64. The molecule has 104 valence electrons. The molecule has 19 heavy (non-hydrogen) atoms. The lowest BCUT2D eigenvalue weighted by Crippen LogP contribution is -2.56. The van der Waals surface area contributed by atoms with Gasteiger partial charge in [-0.2, -0.15) is 13.2 Å². The van der Waals surface area contributed by atoms with Gasteiger partial charge in [-0.15, -0.1) is 0 Å². The number of nitrogens with zero attached hydrogens (tertiary/aromatic N) is 1. The number of hydrogen-bond acceptors (Lipinski definition) is 3. The number of unbranched alkanes of at least 4 members (excludes halogenated alkanes) is 1. The van der Waals surface area contributed by atoms with Crippen molar-refractivity contribution < 1.29 is 22.6 Å². The van der Waals surface area contributed by atoms with E-state index in [4.69, 9.17) is 4.74 Å². The van der Waals surface area contributed by atoms with Crippen LogP contribution < -0.4 is 9.47 Å². The monoisotopic (exact) mass is 273 g/mol. The molecule has 0 amide bonds. The number of para-hydroxylation sites is 2. The highest BCUT2D eigenvalue weighted by Crippen LogP contribution is 2.45. The van der Waals surface area contributed by atoms with Crippen LogP contribution in [0.1, 0.15) is 19.8 Å². The number of hydrogen-bond donors (Lipinski definition) is 0. The van der Waals surface area contributed by atoms with Gasteiger partial charge in [0.1, 0.15) is 0 Å². The molecule has 0 saturated heterocycles. The van der Waals surface area contributed by atoms with Crippen molar-refractivity contribution in [3.05, 3.63) is 24.3 Å². The number of halogens is 3. The number of aliphatic imine (C=N–C) groups is 1. The van der Waals surface area contributed by atoms with Gasteiger partial charge < -0.3 is 9.47 Å². The Morgan fingerprint density at radius 2 is 1.79 bits per heavy atom. The topological polar surface area (TPSA) is 30.8 Å². The molecule has 1 aliphatic rings. The third kappa shape index (κ3) is 2.67. The van der Waals surface area contributed by atoms with Crippen LogP contribution in [-0.2, 0) is 0 Å². The van der Waals surface area contributed by atoms with Crippen LogP contribution in [0.25, 0.3) is 0 Å². The molecule has 1 aliphatic heterocycles. The second-order valence-corrected chi connectivity index (χ2v) is 4.20. The van der Waals surface area contributed by atoms with Gasteiger partial charge in [-0.1, -0.05) is 25.5 Å². The number of rotatable bonds is 4. The summed E-state index contributed by atoms with van der Waals surface area (Å²) in [5, 5.41) is 0. The molecule has 0 spiro atoms. The van der Waals surface area contributed by atoms with Gasteiger partial charge in [0, 0.05) is 6.54 Å². The lowest BCUT2D eigenvalue weighted by atomic mass is 10.2. The largest absolute Gasteiger partial charge is 0.477 e. The minimum atomic E-state index is -4.11. The number of ether oxygens (including phenoxy) is 2.